The Morgan fingerprint density at radius 1 is 1.45 bits per heavy atom. The first kappa shape index (κ1) is 14.7. The van der Waals surface area contributed by atoms with Gasteiger partial charge in [-0.15, -0.1) is 0 Å². The molecule has 1 saturated heterocycles. The van der Waals surface area contributed by atoms with Crippen LogP contribution in [0.3, 0.4) is 0 Å². The molecule has 2 rings (SSSR count). The minimum Gasteiger partial charge on any atom is -0.359 e. The highest BCUT2D eigenvalue weighted by Gasteiger charge is 2.19. The monoisotopic (exact) mass is 295 g/mol. The van der Waals surface area contributed by atoms with E-state index < -0.39 is 4.92 Å². The largest absolute Gasteiger partial charge is 0.359 e. The lowest BCUT2D eigenvalue weighted by molar-refractivity contribution is -0.884. The molecule has 1 aromatic rings. The molecule has 0 unspecified atom stereocenters. The molecule has 3 N–H and O–H groups in total. The summed E-state index contributed by atoms with van der Waals surface area (Å²) in [5.41, 5.74) is 0.691. The Bertz CT molecular complexity index is 501. The molecule has 0 aliphatic carbocycles. The van der Waals surface area contributed by atoms with E-state index in [1.165, 1.54) is 12.1 Å². The second kappa shape index (κ2) is 6.62. The van der Waals surface area contributed by atoms with Crippen molar-refractivity contribution in [3.63, 3.8) is 0 Å². The van der Waals surface area contributed by atoms with Crippen molar-refractivity contribution in [1.82, 2.24) is 5.32 Å². The molecule has 7 heteroatoms. The molecule has 1 heterocycles. The molecule has 1 aliphatic rings. The fourth-order valence-corrected chi connectivity index (χ4v) is 2.59. The van der Waals surface area contributed by atoms with E-state index in [0.29, 0.717) is 16.8 Å². The molecule has 20 heavy (non-hydrogen) atoms. The molecule has 108 valence electrons. The van der Waals surface area contributed by atoms with Crippen LogP contribution in [0.1, 0.15) is 12.8 Å². The number of anilines is 1. The van der Waals surface area contributed by atoms with Gasteiger partial charge < -0.3 is 15.5 Å². The summed E-state index contributed by atoms with van der Waals surface area (Å²) in [6, 6.07) is 6.73. The molecule has 0 spiro atoms. The van der Waals surface area contributed by atoms with Crippen LogP contribution in [-0.4, -0.2) is 36.2 Å². The van der Waals surface area contributed by atoms with E-state index in [4.69, 9.17) is 12.2 Å². The summed E-state index contributed by atoms with van der Waals surface area (Å²) in [6.07, 6.45) is 2.17. The summed E-state index contributed by atoms with van der Waals surface area (Å²) in [5, 5.41) is 17.5. The number of nitro benzene ring substituents is 1. The second-order valence-electron chi connectivity index (χ2n) is 5.14. The number of hydrogen-bond acceptors (Lipinski definition) is 3. The van der Waals surface area contributed by atoms with Crippen molar-refractivity contribution in [1.29, 1.82) is 0 Å². The summed E-state index contributed by atoms with van der Waals surface area (Å²) >= 11 is 5.26. The lowest BCUT2D eigenvalue weighted by Crippen LogP contribution is -3.10. The summed E-state index contributed by atoms with van der Waals surface area (Å²) in [7, 11) is 2.19. The van der Waals surface area contributed by atoms with Crippen LogP contribution in [-0.2, 0) is 0 Å². The summed E-state index contributed by atoms with van der Waals surface area (Å²) < 4.78 is 0. The number of benzene rings is 1. The van der Waals surface area contributed by atoms with Gasteiger partial charge in [0.15, 0.2) is 5.11 Å². The number of hydrogen-bond donors (Lipinski definition) is 3. The highest BCUT2D eigenvalue weighted by molar-refractivity contribution is 7.80. The van der Waals surface area contributed by atoms with Crippen molar-refractivity contribution >= 4 is 28.7 Å². The van der Waals surface area contributed by atoms with Crippen LogP contribution in [0.4, 0.5) is 11.4 Å². The average molecular weight is 295 g/mol. The number of nitro groups is 1. The molecule has 0 atom stereocenters. The van der Waals surface area contributed by atoms with Crippen LogP contribution in [0.5, 0.6) is 0 Å². The summed E-state index contributed by atoms with van der Waals surface area (Å²) in [6.45, 7) is 2.27. The second-order valence-corrected chi connectivity index (χ2v) is 5.55. The van der Waals surface area contributed by atoms with E-state index in [-0.39, 0.29) is 5.69 Å². The minimum absolute atomic E-state index is 0.0562. The van der Waals surface area contributed by atoms with Gasteiger partial charge in [0.05, 0.1) is 25.1 Å². The van der Waals surface area contributed by atoms with Crippen molar-refractivity contribution in [3.05, 3.63) is 34.4 Å². The van der Waals surface area contributed by atoms with Crippen molar-refractivity contribution in [2.75, 3.05) is 25.5 Å². The number of nitrogens with one attached hydrogen (secondary N) is 3. The lowest BCUT2D eigenvalue weighted by Gasteiger charge is -2.28. The zero-order valence-electron chi connectivity index (χ0n) is 11.4. The highest BCUT2D eigenvalue weighted by Crippen LogP contribution is 2.16. The molecule has 6 nitrogen and oxygen atoms in total. The number of rotatable bonds is 3. The van der Waals surface area contributed by atoms with Gasteiger partial charge in [0.2, 0.25) is 0 Å². The minimum atomic E-state index is -0.415. The van der Waals surface area contributed by atoms with E-state index in [1.807, 2.05) is 0 Å². The third-order valence-electron chi connectivity index (χ3n) is 3.49. The first-order chi connectivity index (χ1) is 9.54. The Morgan fingerprint density at radius 2 is 2.15 bits per heavy atom. The number of non-ortho nitro benzene ring substituents is 1. The summed E-state index contributed by atoms with van der Waals surface area (Å²) in [4.78, 5) is 11.8. The topological polar surface area (TPSA) is 71.6 Å². The third-order valence-corrected chi connectivity index (χ3v) is 3.71. The van der Waals surface area contributed by atoms with E-state index in [1.54, 1.807) is 17.0 Å². The average Bonchev–Trinajstić information content (AvgIpc) is 2.41. The zero-order valence-corrected chi connectivity index (χ0v) is 12.2. The number of piperidine rings is 1. The van der Waals surface area contributed by atoms with Gasteiger partial charge in [0.25, 0.3) is 5.69 Å². The molecule has 0 aromatic heterocycles. The van der Waals surface area contributed by atoms with Gasteiger partial charge in [0, 0.05) is 36.7 Å². The Labute approximate surface area is 123 Å². The van der Waals surface area contributed by atoms with Crippen molar-refractivity contribution in [3.8, 4) is 0 Å². The van der Waals surface area contributed by atoms with Gasteiger partial charge in [-0.1, -0.05) is 6.07 Å². The number of quaternary nitrogens is 1. The third kappa shape index (κ3) is 4.14. The van der Waals surface area contributed by atoms with Gasteiger partial charge in [-0.05, 0) is 18.3 Å². The van der Waals surface area contributed by atoms with Gasteiger partial charge in [-0.2, -0.15) is 0 Å². The number of likely N-dealkylation sites (tertiary alicyclic amines) is 1. The first-order valence-electron chi connectivity index (χ1n) is 6.68. The molecule has 0 amide bonds. The van der Waals surface area contributed by atoms with E-state index in [0.717, 1.165) is 25.9 Å². The Hall–Kier alpha value is -1.73. The normalized spacial score (nSPS) is 22.1. The zero-order chi connectivity index (χ0) is 14.5. The van der Waals surface area contributed by atoms with E-state index in [2.05, 4.69) is 17.7 Å². The standard InChI is InChI=1S/C13H18N4O2S/c1-16-7-5-10(6-8-16)14-13(20)15-11-3-2-4-12(9-11)17(18)19/h2-4,9-10H,5-8H2,1H3,(H2,14,15,20)/p+1. The number of nitrogens with zero attached hydrogens (tertiary/aromatic N) is 1. The van der Waals surface area contributed by atoms with E-state index >= 15 is 0 Å². The molecule has 0 bridgehead atoms. The Morgan fingerprint density at radius 3 is 2.80 bits per heavy atom. The van der Waals surface area contributed by atoms with Crippen LogP contribution in [0.25, 0.3) is 0 Å². The molecule has 0 radical (unpaired) electrons. The number of thiocarbonyl (C=S) groups is 1. The molecule has 1 aliphatic heterocycles. The fraction of sp³-hybridized carbons (Fsp3) is 0.462. The molecular formula is C13H19N4O2S+. The Balaban J connectivity index is 1.88. The van der Waals surface area contributed by atoms with E-state index in [9.17, 15) is 10.1 Å². The van der Waals surface area contributed by atoms with Crippen LogP contribution >= 0.6 is 12.2 Å². The predicted octanol–water partition coefficient (Wildman–Crippen LogP) is 0.558. The summed E-state index contributed by atoms with van der Waals surface area (Å²) in [5.74, 6) is 0. The maximum absolute atomic E-state index is 10.7. The molecule has 1 fully saturated rings. The highest BCUT2D eigenvalue weighted by atomic mass is 32.1. The Kier molecular flexibility index (Phi) is 4.86. The van der Waals surface area contributed by atoms with Gasteiger partial charge in [-0.3, -0.25) is 10.1 Å². The van der Waals surface area contributed by atoms with Gasteiger partial charge >= 0.3 is 0 Å². The fourth-order valence-electron chi connectivity index (χ4n) is 2.30. The van der Waals surface area contributed by atoms with Crippen molar-refractivity contribution < 1.29 is 9.82 Å². The maximum Gasteiger partial charge on any atom is 0.271 e. The van der Waals surface area contributed by atoms with Crippen LogP contribution in [0.15, 0.2) is 24.3 Å². The quantitative estimate of drug-likeness (QED) is 0.432. The smallest absolute Gasteiger partial charge is 0.271 e. The van der Waals surface area contributed by atoms with Gasteiger partial charge in [0.1, 0.15) is 0 Å². The van der Waals surface area contributed by atoms with Crippen LogP contribution in [0.2, 0.25) is 0 Å². The predicted molar refractivity (Wildman–Crippen MR) is 82.1 cm³/mol. The van der Waals surface area contributed by atoms with Crippen molar-refractivity contribution in [2.45, 2.75) is 18.9 Å². The van der Waals surface area contributed by atoms with Crippen LogP contribution in [0, 0.1) is 10.1 Å². The van der Waals surface area contributed by atoms with Crippen molar-refractivity contribution in [2.24, 2.45) is 0 Å². The molecule has 0 saturated carbocycles. The van der Waals surface area contributed by atoms with Crippen LogP contribution < -0.4 is 15.5 Å². The molecular weight excluding hydrogens is 276 g/mol. The molecule has 1 aromatic carbocycles. The van der Waals surface area contributed by atoms with Gasteiger partial charge in [-0.25, -0.2) is 0 Å². The lowest BCUT2D eigenvalue weighted by atomic mass is 10.1. The maximum atomic E-state index is 10.7. The SMILES string of the molecule is C[NH+]1CCC(NC(=S)Nc2cccc([N+](=O)[O-])c2)CC1. The first-order valence-corrected chi connectivity index (χ1v) is 7.08.